The summed E-state index contributed by atoms with van der Waals surface area (Å²) >= 11 is 3.40. The molecule has 3 aromatic rings. The Hall–Kier alpha value is -3.42. The Kier molecular flexibility index (Phi) is 4.75. The van der Waals surface area contributed by atoms with Crippen molar-refractivity contribution in [1.82, 2.24) is 0 Å². The monoisotopic (exact) mass is 529 g/mol. The third-order valence-electron chi connectivity index (χ3n) is 7.47. The number of anilines is 1. The lowest BCUT2D eigenvalue weighted by Gasteiger charge is -2.27. The molecule has 0 aromatic heterocycles. The molecular formula is C28H20BrNO5. The standard InChI is InChI=1S/C28H20BrNO5/c1-14-7-12-18(13-15(14)2)30-26(33)21-22(27(30)34)28(35-23(21)16-8-10-17(29)11-9-16)24(31)19-5-3-4-6-20(19)25(28)32/h3-13,21-23H,1-2H3. The van der Waals surface area contributed by atoms with Crippen LogP contribution in [0.25, 0.3) is 0 Å². The molecule has 6 nitrogen and oxygen atoms in total. The number of imide groups is 1. The van der Waals surface area contributed by atoms with Crippen molar-refractivity contribution in [3.05, 3.63) is 99.0 Å². The largest absolute Gasteiger partial charge is 0.349 e. The lowest BCUT2D eigenvalue weighted by Crippen LogP contribution is -2.51. The predicted octanol–water partition coefficient (Wildman–Crippen LogP) is 4.76. The van der Waals surface area contributed by atoms with Crippen LogP contribution in [0.5, 0.6) is 0 Å². The zero-order valence-corrected chi connectivity index (χ0v) is 20.5. The maximum atomic E-state index is 13.9. The number of nitrogens with zero attached hydrogens (tertiary/aromatic N) is 1. The first-order valence-electron chi connectivity index (χ1n) is 11.3. The van der Waals surface area contributed by atoms with E-state index < -0.39 is 46.9 Å². The molecule has 0 radical (unpaired) electrons. The molecule has 0 N–H and O–H groups in total. The molecular weight excluding hydrogens is 510 g/mol. The molecule has 2 saturated heterocycles. The highest BCUT2D eigenvalue weighted by Gasteiger charge is 2.74. The number of carbonyl (C=O) groups excluding carboxylic acids is 4. The normalized spacial score (nSPS) is 24.4. The van der Waals surface area contributed by atoms with Gasteiger partial charge in [0.2, 0.25) is 29.0 Å². The number of Topliss-reactive ketones (excluding diaryl/α,β-unsaturated/α-hetero) is 2. The van der Waals surface area contributed by atoms with Crippen LogP contribution in [0.15, 0.2) is 71.2 Å². The molecule has 3 aromatic carbocycles. The van der Waals surface area contributed by atoms with Crippen molar-refractivity contribution in [3.63, 3.8) is 0 Å². The number of amides is 2. The molecule has 2 fully saturated rings. The molecule has 3 atom stereocenters. The van der Waals surface area contributed by atoms with Gasteiger partial charge in [0.1, 0.15) is 0 Å². The van der Waals surface area contributed by atoms with E-state index in [-0.39, 0.29) is 11.1 Å². The summed E-state index contributed by atoms with van der Waals surface area (Å²) in [6, 6.07) is 19.0. The van der Waals surface area contributed by atoms with E-state index in [1.54, 1.807) is 60.7 Å². The first kappa shape index (κ1) is 22.1. The van der Waals surface area contributed by atoms with Gasteiger partial charge >= 0.3 is 0 Å². The quantitative estimate of drug-likeness (QED) is 0.353. The highest BCUT2D eigenvalue weighted by atomic mass is 79.9. The SMILES string of the molecule is Cc1ccc(N2C(=O)C3C(c4ccc(Br)cc4)OC4(C(=O)c5ccccc5C4=O)C3C2=O)cc1C. The Balaban J connectivity index is 1.54. The summed E-state index contributed by atoms with van der Waals surface area (Å²) in [5.74, 6) is -4.43. The predicted molar refractivity (Wildman–Crippen MR) is 131 cm³/mol. The van der Waals surface area contributed by atoms with Crippen LogP contribution in [-0.4, -0.2) is 29.0 Å². The summed E-state index contributed by atoms with van der Waals surface area (Å²) in [7, 11) is 0. The van der Waals surface area contributed by atoms with Gasteiger partial charge in [0.25, 0.3) is 0 Å². The minimum atomic E-state index is -2.06. The maximum absolute atomic E-state index is 13.9. The lowest BCUT2D eigenvalue weighted by molar-refractivity contribution is -0.127. The Morgan fingerprint density at radius 3 is 2.03 bits per heavy atom. The Morgan fingerprint density at radius 2 is 1.43 bits per heavy atom. The van der Waals surface area contributed by atoms with Gasteiger partial charge in [-0.15, -0.1) is 0 Å². The van der Waals surface area contributed by atoms with Crippen molar-refractivity contribution in [2.24, 2.45) is 11.8 Å². The summed E-state index contributed by atoms with van der Waals surface area (Å²) in [5, 5.41) is 0. The van der Waals surface area contributed by atoms with Crippen LogP contribution in [0.2, 0.25) is 0 Å². The fraction of sp³-hybridized carbons (Fsp3) is 0.214. The van der Waals surface area contributed by atoms with E-state index in [4.69, 9.17) is 4.74 Å². The fourth-order valence-electron chi connectivity index (χ4n) is 5.59. The number of fused-ring (bicyclic) bond motifs is 3. The van der Waals surface area contributed by atoms with Crippen LogP contribution in [0.1, 0.15) is 43.5 Å². The van der Waals surface area contributed by atoms with Gasteiger partial charge in [-0.25, -0.2) is 4.90 Å². The van der Waals surface area contributed by atoms with Crippen molar-refractivity contribution < 1.29 is 23.9 Å². The van der Waals surface area contributed by atoms with Gasteiger partial charge < -0.3 is 4.74 Å². The van der Waals surface area contributed by atoms with Crippen molar-refractivity contribution in [3.8, 4) is 0 Å². The van der Waals surface area contributed by atoms with Gasteiger partial charge in [-0.2, -0.15) is 0 Å². The van der Waals surface area contributed by atoms with Gasteiger partial charge in [-0.05, 0) is 54.8 Å². The Morgan fingerprint density at radius 1 is 0.800 bits per heavy atom. The van der Waals surface area contributed by atoms with E-state index in [0.29, 0.717) is 11.3 Å². The number of carbonyl (C=O) groups is 4. The minimum Gasteiger partial charge on any atom is -0.349 e. The number of hydrogen-bond donors (Lipinski definition) is 0. The molecule has 2 aliphatic heterocycles. The van der Waals surface area contributed by atoms with Crippen molar-refractivity contribution >= 4 is 45.0 Å². The van der Waals surface area contributed by atoms with Crippen LogP contribution in [0, 0.1) is 25.7 Å². The molecule has 1 spiro atoms. The van der Waals surface area contributed by atoms with E-state index in [0.717, 1.165) is 20.5 Å². The van der Waals surface area contributed by atoms with E-state index in [9.17, 15) is 19.2 Å². The number of hydrogen-bond acceptors (Lipinski definition) is 5. The van der Waals surface area contributed by atoms with Gasteiger partial charge in [0.15, 0.2) is 0 Å². The van der Waals surface area contributed by atoms with Gasteiger partial charge in [-0.1, -0.05) is 58.4 Å². The topological polar surface area (TPSA) is 80.8 Å². The van der Waals surface area contributed by atoms with Crippen LogP contribution in [0.4, 0.5) is 5.69 Å². The van der Waals surface area contributed by atoms with E-state index in [1.807, 2.05) is 19.9 Å². The molecule has 3 unspecified atom stereocenters. The maximum Gasteiger partial charge on any atom is 0.241 e. The summed E-state index contributed by atoms with van der Waals surface area (Å²) < 4.78 is 7.13. The van der Waals surface area contributed by atoms with E-state index >= 15 is 0 Å². The Bertz CT molecular complexity index is 1430. The third-order valence-corrected chi connectivity index (χ3v) is 7.99. The van der Waals surface area contributed by atoms with Crippen LogP contribution >= 0.6 is 15.9 Å². The molecule has 174 valence electrons. The second-order valence-electron chi connectivity index (χ2n) is 9.31. The zero-order chi connectivity index (χ0) is 24.6. The first-order chi connectivity index (χ1) is 16.8. The summed E-state index contributed by atoms with van der Waals surface area (Å²) in [4.78, 5) is 56.5. The average molecular weight is 530 g/mol. The smallest absolute Gasteiger partial charge is 0.241 e. The third kappa shape index (κ3) is 2.85. The summed E-state index contributed by atoms with van der Waals surface area (Å²) in [6.45, 7) is 3.85. The number of benzene rings is 3. The Labute approximate surface area is 210 Å². The van der Waals surface area contributed by atoms with Crippen molar-refractivity contribution in [1.29, 1.82) is 0 Å². The van der Waals surface area contributed by atoms with Crippen molar-refractivity contribution in [2.45, 2.75) is 25.6 Å². The molecule has 7 heteroatoms. The first-order valence-corrected chi connectivity index (χ1v) is 12.1. The molecule has 2 heterocycles. The zero-order valence-electron chi connectivity index (χ0n) is 18.9. The number of halogens is 1. The van der Waals surface area contributed by atoms with Crippen molar-refractivity contribution in [2.75, 3.05) is 4.90 Å². The number of ether oxygens (including phenoxy) is 1. The van der Waals surface area contributed by atoms with Gasteiger partial charge in [-0.3, -0.25) is 19.2 Å². The molecule has 1 aliphatic carbocycles. The summed E-state index contributed by atoms with van der Waals surface area (Å²) in [6.07, 6.45) is -0.927. The molecule has 0 bridgehead atoms. The highest BCUT2D eigenvalue weighted by molar-refractivity contribution is 9.10. The lowest BCUT2D eigenvalue weighted by atomic mass is 9.77. The molecule has 0 saturated carbocycles. The summed E-state index contributed by atoms with van der Waals surface area (Å²) in [5.41, 5.74) is 1.38. The number of rotatable bonds is 2. The van der Waals surface area contributed by atoms with Gasteiger partial charge in [0.05, 0.1) is 23.6 Å². The van der Waals surface area contributed by atoms with Crippen LogP contribution in [0.3, 0.4) is 0 Å². The van der Waals surface area contributed by atoms with Crippen LogP contribution in [-0.2, 0) is 14.3 Å². The van der Waals surface area contributed by atoms with Gasteiger partial charge in [0, 0.05) is 15.6 Å². The second kappa shape index (κ2) is 7.54. The molecule has 2 amide bonds. The highest BCUT2D eigenvalue weighted by Crippen LogP contribution is 2.57. The number of aryl methyl sites for hydroxylation is 2. The fourth-order valence-corrected chi connectivity index (χ4v) is 5.85. The second-order valence-corrected chi connectivity index (χ2v) is 10.2. The minimum absolute atomic E-state index is 0.220. The van der Waals surface area contributed by atoms with E-state index in [1.165, 1.54) is 0 Å². The number of ketones is 2. The van der Waals surface area contributed by atoms with E-state index in [2.05, 4.69) is 15.9 Å². The molecule has 35 heavy (non-hydrogen) atoms. The van der Waals surface area contributed by atoms with Crippen LogP contribution < -0.4 is 4.90 Å². The average Bonchev–Trinajstić information content (AvgIpc) is 3.41. The molecule has 3 aliphatic rings. The molecule has 6 rings (SSSR count).